The number of rotatable bonds is 6. The van der Waals surface area contributed by atoms with Gasteiger partial charge in [0, 0.05) is 10.8 Å². The average Bonchev–Trinajstić information content (AvgIpc) is 3.07. The van der Waals surface area contributed by atoms with Crippen molar-refractivity contribution in [1.29, 1.82) is 0 Å². The highest BCUT2D eigenvalue weighted by Gasteiger charge is 2.15. The number of hydrogen-bond donors (Lipinski definition) is 1. The van der Waals surface area contributed by atoms with Crippen molar-refractivity contribution in [2.75, 3.05) is 0 Å². The summed E-state index contributed by atoms with van der Waals surface area (Å²) in [5.74, 6) is 0.278. The molecule has 0 saturated heterocycles. The minimum Gasteiger partial charge on any atom is -0.351 e. The molecule has 3 nitrogen and oxygen atoms in total. The number of aromatic nitrogens is 1. The Hall–Kier alpha value is -1.20. The Morgan fingerprint density at radius 3 is 2.75 bits per heavy atom. The van der Waals surface area contributed by atoms with Crippen molar-refractivity contribution in [3.8, 4) is 9.88 Å². The molecular weight excluding hydrogens is 288 g/mol. The van der Waals surface area contributed by atoms with Gasteiger partial charge in [-0.3, -0.25) is 4.79 Å². The third kappa shape index (κ3) is 3.46. The highest BCUT2D eigenvalue weighted by Crippen LogP contribution is 2.30. The van der Waals surface area contributed by atoms with Crippen LogP contribution >= 0.6 is 22.7 Å². The van der Waals surface area contributed by atoms with E-state index in [4.69, 9.17) is 0 Å². The maximum atomic E-state index is 12.0. The molecule has 0 unspecified atom stereocenters. The molecule has 2 aromatic heterocycles. The lowest BCUT2D eigenvalue weighted by atomic mass is 10.0. The quantitative estimate of drug-likeness (QED) is 0.867. The second-order valence-electron chi connectivity index (χ2n) is 4.74. The van der Waals surface area contributed by atoms with E-state index in [-0.39, 0.29) is 11.8 Å². The van der Waals surface area contributed by atoms with Gasteiger partial charge in [0.15, 0.2) is 0 Å². The van der Waals surface area contributed by atoms with E-state index in [2.05, 4.69) is 35.6 Å². The Balaban J connectivity index is 2.02. The first-order valence-electron chi connectivity index (χ1n) is 6.93. The van der Waals surface area contributed by atoms with Crippen LogP contribution in [0.5, 0.6) is 0 Å². The van der Waals surface area contributed by atoms with E-state index in [0.717, 1.165) is 28.4 Å². The Kier molecular flexibility index (Phi) is 5.31. The van der Waals surface area contributed by atoms with E-state index in [1.54, 1.807) is 22.7 Å². The molecule has 1 amide bonds. The maximum absolute atomic E-state index is 12.0. The molecule has 2 heterocycles. The minimum atomic E-state index is 0.125. The van der Waals surface area contributed by atoms with E-state index in [9.17, 15) is 4.79 Å². The van der Waals surface area contributed by atoms with Crippen LogP contribution in [0.2, 0.25) is 0 Å². The van der Waals surface area contributed by atoms with Gasteiger partial charge < -0.3 is 5.32 Å². The van der Waals surface area contributed by atoms with Crippen molar-refractivity contribution in [2.24, 2.45) is 5.92 Å². The Labute approximate surface area is 128 Å². The number of hydrogen-bond acceptors (Lipinski definition) is 4. The van der Waals surface area contributed by atoms with Gasteiger partial charge in [-0.15, -0.1) is 22.7 Å². The third-order valence-corrected chi connectivity index (χ3v) is 5.60. The number of carbonyl (C=O) groups is 1. The third-order valence-electron chi connectivity index (χ3n) is 3.40. The van der Waals surface area contributed by atoms with Gasteiger partial charge in [-0.25, -0.2) is 4.98 Å². The molecule has 0 aliphatic heterocycles. The normalized spacial score (nSPS) is 11.0. The van der Waals surface area contributed by atoms with E-state index >= 15 is 0 Å². The van der Waals surface area contributed by atoms with Crippen LogP contribution < -0.4 is 5.32 Å². The standard InChI is InChI=1S/C15H20N2OS2/c1-4-11(5-2)14(18)16-9-13-10(3)17-15(20-13)12-7-6-8-19-12/h6-8,11H,4-5,9H2,1-3H3,(H,16,18). The van der Waals surface area contributed by atoms with Crippen LogP contribution in [0.1, 0.15) is 37.3 Å². The summed E-state index contributed by atoms with van der Waals surface area (Å²) in [6, 6.07) is 4.11. The van der Waals surface area contributed by atoms with E-state index in [1.807, 2.05) is 13.0 Å². The molecule has 0 saturated carbocycles. The summed E-state index contributed by atoms with van der Waals surface area (Å²) in [6.07, 6.45) is 1.79. The van der Waals surface area contributed by atoms with Crippen LogP contribution in [-0.4, -0.2) is 10.9 Å². The molecule has 20 heavy (non-hydrogen) atoms. The molecule has 0 fully saturated rings. The number of nitrogens with zero attached hydrogens (tertiary/aromatic N) is 1. The van der Waals surface area contributed by atoms with Gasteiger partial charge in [0.25, 0.3) is 0 Å². The number of nitrogens with one attached hydrogen (secondary N) is 1. The largest absolute Gasteiger partial charge is 0.351 e. The number of amides is 1. The van der Waals surface area contributed by atoms with Gasteiger partial charge in [0.2, 0.25) is 5.91 Å². The van der Waals surface area contributed by atoms with Gasteiger partial charge in [-0.2, -0.15) is 0 Å². The summed E-state index contributed by atoms with van der Waals surface area (Å²) in [5.41, 5.74) is 1.02. The Morgan fingerprint density at radius 2 is 2.15 bits per heavy atom. The molecule has 5 heteroatoms. The average molecular weight is 308 g/mol. The smallest absolute Gasteiger partial charge is 0.223 e. The van der Waals surface area contributed by atoms with Crippen molar-refractivity contribution in [3.05, 3.63) is 28.1 Å². The predicted octanol–water partition coefficient (Wildman–Crippen LogP) is 4.23. The fourth-order valence-corrected chi connectivity index (χ4v) is 3.87. The molecule has 0 radical (unpaired) electrons. The van der Waals surface area contributed by atoms with E-state index in [0.29, 0.717) is 6.54 Å². The van der Waals surface area contributed by atoms with E-state index < -0.39 is 0 Å². The van der Waals surface area contributed by atoms with Crippen LogP contribution in [-0.2, 0) is 11.3 Å². The fraction of sp³-hybridized carbons (Fsp3) is 0.467. The highest BCUT2D eigenvalue weighted by molar-refractivity contribution is 7.21. The van der Waals surface area contributed by atoms with Gasteiger partial charge in [-0.05, 0) is 31.2 Å². The summed E-state index contributed by atoms with van der Waals surface area (Å²) >= 11 is 3.37. The summed E-state index contributed by atoms with van der Waals surface area (Å²) < 4.78 is 0. The number of carbonyl (C=O) groups excluding carboxylic acids is 1. The topological polar surface area (TPSA) is 42.0 Å². The second kappa shape index (κ2) is 6.99. The van der Waals surface area contributed by atoms with Crippen LogP contribution in [0, 0.1) is 12.8 Å². The lowest BCUT2D eigenvalue weighted by molar-refractivity contribution is -0.125. The van der Waals surface area contributed by atoms with Crippen LogP contribution in [0.4, 0.5) is 0 Å². The maximum Gasteiger partial charge on any atom is 0.223 e. The van der Waals surface area contributed by atoms with Gasteiger partial charge in [-0.1, -0.05) is 19.9 Å². The van der Waals surface area contributed by atoms with Crippen molar-refractivity contribution in [3.63, 3.8) is 0 Å². The number of thiophene rings is 1. The Morgan fingerprint density at radius 1 is 1.40 bits per heavy atom. The summed E-state index contributed by atoms with van der Waals surface area (Å²) in [6.45, 7) is 6.71. The lowest BCUT2D eigenvalue weighted by Crippen LogP contribution is -2.29. The van der Waals surface area contributed by atoms with Crippen molar-refractivity contribution >= 4 is 28.6 Å². The van der Waals surface area contributed by atoms with Crippen LogP contribution in [0.25, 0.3) is 9.88 Å². The summed E-state index contributed by atoms with van der Waals surface area (Å²) in [4.78, 5) is 18.9. The molecule has 1 N–H and O–H groups in total. The van der Waals surface area contributed by atoms with Crippen molar-refractivity contribution in [1.82, 2.24) is 10.3 Å². The molecular formula is C15H20N2OS2. The monoisotopic (exact) mass is 308 g/mol. The second-order valence-corrected chi connectivity index (χ2v) is 6.77. The highest BCUT2D eigenvalue weighted by atomic mass is 32.1. The van der Waals surface area contributed by atoms with Crippen molar-refractivity contribution < 1.29 is 4.79 Å². The molecule has 2 rings (SSSR count). The number of thiazole rings is 1. The van der Waals surface area contributed by atoms with Crippen molar-refractivity contribution in [2.45, 2.75) is 40.2 Å². The Bertz CT molecular complexity index is 556. The molecule has 0 bridgehead atoms. The van der Waals surface area contributed by atoms with Gasteiger partial charge in [0.1, 0.15) is 5.01 Å². The fourth-order valence-electron chi connectivity index (χ4n) is 2.07. The zero-order valence-corrected chi connectivity index (χ0v) is 13.7. The number of aryl methyl sites for hydroxylation is 1. The first-order chi connectivity index (χ1) is 9.65. The molecule has 0 spiro atoms. The van der Waals surface area contributed by atoms with Gasteiger partial charge >= 0.3 is 0 Å². The van der Waals surface area contributed by atoms with E-state index in [1.165, 1.54) is 4.88 Å². The zero-order chi connectivity index (χ0) is 14.5. The van der Waals surface area contributed by atoms with Crippen LogP contribution in [0.15, 0.2) is 17.5 Å². The molecule has 0 aromatic carbocycles. The molecule has 0 atom stereocenters. The SMILES string of the molecule is CCC(CC)C(=O)NCc1sc(-c2cccs2)nc1C. The van der Waals surface area contributed by atoms with Crippen LogP contribution in [0.3, 0.4) is 0 Å². The zero-order valence-electron chi connectivity index (χ0n) is 12.1. The summed E-state index contributed by atoms with van der Waals surface area (Å²) in [5, 5.41) is 6.14. The molecule has 108 valence electrons. The first kappa shape index (κ1) is 15.2. The predicted molar refractivity (Wildman–Crippen MR) is 86.1 cm³/mol. The van der Waals surface area contributed by atoms with Gasteiger partial charge in [0.05, 0.1) is 17.1 Å². The molecule has 2 aromatic rings. The molecule has 0 aliphatic carbocycles. The lowest BCUT2D eigenvalue weighted by Gasteiger charge is -2.12. The first-order valence-corrected chi connectivity index (χ1v) is 8.63. The summed E-state index contributed by atoms with van der Waals surface area (Å²) in [7, 11) is 0. The molecule has 0 aliphatic rings. The minimum absolute atomic E-state index is 0.125.